The molecule has 0 N–H and O–H groups in total. The second-order valence-corrected chi connectivity index (χ2v) is 8.31. The van der Waals surface area contributed by atoms with Gasteiger partial charge in [0.15, 0.2) is 0 Å². The van der Waals surface area contributed by atoms with Crippen molar-refractivity contribution in [1.29, 1.82) is 5.26 Å². The molecule has 1 aromatic rings. The third kappa shape index (κ3) is 8.41. The van der Waals surface area contributed by atoms with Crippen LogP contribution in [0.4, 0.5) is 5.00 Å². The molecule has 2 nitrogen and oxygen atoms in total. The molecular weight excluding hydrogens is 336 g/mol. The number of allylic oxidation sites excluding steroid dienone is 1. The van der Waals surface area contributed by atoms with E-state index in [2.05, 4.69) is 50.1 Å². The summed E-state index contributed by atoms with van der Waals surface area (Å²) in [4.78, 5) is 2.64. The molecule has 0 saturated carbocycles. The lowest BCUT2D eigenvalue weighted by Gasteiger charge is -2.31. The van der Waals surface area contributed by atoms with Gasteiger partial charge in [0.1, 0.15) is 0 Å². The van der Waals surface area contributed by atoms with Crippen molar-refractivity contribution < 1.29 is 0 Å². The molecule has 0 aliphatic rings. The SMILES string of the molecule is CCCCC(CC)CN(CC(CC)CCCC)c1cc(/C=C/C#N)cs1. The number of thiophene rings is 1. The number of hydrogen-bond acceptors (Lipinski definition) is 3. The van der Waals surface area contributed by atoms with Gasteiger partial charge in [0.25, 0.3) is 0 Å². The van der Waals surface area contributed by atoms with E-state index in [0.717, 1.165) is 17.4 Å². The Morgan fingerprint density at radius 2 is 1.62 bits per heavy atom. The lowest BCUT2D eigenvalue weighted by molar-refractivity contribution is 0.404. The quantitative estimate of drug-likeness (QED) is 0.315. The molecule has 1 rings (SSSR count). The lowest BCUT2D eigenvalue weighted by atomic mass is 9.96. The zero-order chi connectivity index (χ0) is 19.2. The van der Waals surface area contributed by atoms with Gasteiger partial charge in [0.05, 0.1) is 11.1 Å². The van der Waals surface area contributed by atoms with Crippen molar-refractivity contribution in [2.45, 2.75) is 79.1 Å². The van der Waals surface area contributed by atoms with Crippen LogP contribution in [0.25, 0.3) is 6.08 Å². The van der Waals surface area contributed by atoms with Gasteiger partial charge in [-0.15, -0.1) is 11.3 Å². The van der Waals surface area contributed by atoms with Gasteiger partial charge in [0, 0.05) is 24.5 Å². The standard InChI is InChI=1S/C23H38N2S/c1-5-9-12-20(7-3)17-25(18-21(8-4)13-10-6-2)23-16-22(19-26-23)14-11-15-24/h11,14,16,19-21H,5-10,12-13,17-18H2,1-4H3/b14-11+. The average molecular weight is 375 g/mol. The molecular formula is C23H38N2S. The van der Waals surface area contributed by atoms with E-state index in [1.54, 1.807) is 6.08 Å². The Morgan fingerprint density at radius 1 is 1.04 bits per heavy atom. The van der Waals surface area contributed by atoms with Gasteiger partial charge in [-0.3, -0.25) is 0 Å². The normalized spacial score (nSPS) is 13.7. The molecule has 0 aliphatic carbocycles. The number of hydrogen-bond donors (Lipinski definition) is 0. The highest BCUT2D eigenvalue weighted by molar-refractivity contribution is 7.14. The lowest BCUT2D eigenvalue weighted by Crippen LogP contribution is -2.33. The molecule has 0 spiro atoms. The molecule has 26 heavy (non-hydrogen) atoms. The van der Waals surface area contributed by atoms with Crippen molar-refractivity contribution in [2.24, 2.45) is 11.8 Å². The van der Waals surface area contributed by atoms with Gasteiger partial charge in [-0.25, -0.2) is 0 Å². The molecule has 0 saturated heterocycles. The van der Waals surface area contributed by atoms with Crippen LogP contribution < -0.4 is 4.90 Å². The topological polar surface area (TPSA) is 27.0 Å². The molecule has 0 radical (unpaired) electrons. The average Bonchev–Trinajstić information content (AvgIpc) is 3.14. The Labute approximate surface area is 165 Å². The van der Waals surface area contributed by atoms with Crippen LogP contribution in [0, 0.1) is 23.2 Å². The summed E-state index contributed by atoms with van der Waals surface area (Å²) in [5.41, 5.74) is 1.15. The Bertz CT molecular complexity index is 523. The summed E-state index contributed by atoms with van der Waals surface area (Å²) in [5.74, 6) is 1.55. The van der Waals surface area contributed by atoms with Crippen LogP contribution in [0.1, 0.15) is 84.6 Å². The molecule has 0 fully saturated rings. The Balaban J connectivity index is 2.90. The molecule has 0 aromatic carbocycles. The van der Waals surface area contributed by atoms with Crippen molar-refractivity contribution in [3.63, 3.8) is 0 Å². The Morgan fingerprint density at radius 3 is 2.08 bits per heavy atom. The molecule has 2 atom stereocenters. The Hall–Kier alpha value is -1.27. The summed E-state index contributed by atoms with van der Waals surface area (Å²) in [6.07, 6.45) is 13.9. The number of anilines is 1. The summed E-state index contributed by atoms with van der Waals surface area (Å²) in [5, 5.41) is 12.3. The maximum Gasteiger partial charge on any atom is 0.0914 e. The van der Waals surface area contributed by atoms with Gasteiger partial charge in [-0.05, 0) is 42.4 Å². The number of nitrogens with zero attached hydrogens (tertiary/aromatic N) is 2. The first kappa shape index (κ1) is 22.8. The fourth-order valence-corrected chi connectivity index (χ4v) is 4.34. The molecule has 3 heteroatoms. The smallest absolute Gasteiger partial charge is 0.0914 e. The molecule has 0 bridgehead atoms. The van der Waals surface area contributed by atoms with Gasteiger partial charge >= 0.3 is 0 Å². The largest absolute Gasteiger partial charge is 0.363 e. The van der Waals surface area contributed by atoms with Crippen LogP contribution in [0.3, 0.4) is 0 Å². The first-order valence-electron chi connectivity index (χ1n) is 10.6. The molecule has 1 heterocycles. The van der Waals surface area contributed by atoms with E-state index in [0.29, 0.717) is 0 Å². The van der Waals surface area contributed by atoms with Crippen LogP contribution in [0.5, 0.6) is 0 Å². The van der Waals surface area contributed by atoms with Gasteiger partial charge in [0.2, 0.25) is 0 Å². The van der Waals surface area contributed by atoms with E-state index in [1.807, 2.05) is 17.4 Å². The number of rotatable bonds is 14. The molecule has 146 valence electrons. The van der Waals surface area contributed by atoms with E-state index >= 15 is 0 Å². The minimum atomic E-state index is 0.777. The molecule has 0 aliphatic heterocycles. The molecule has 2 unspecified atom stereocenters. The van der Waals surface area contributed by atoms with Gasteiger partial charge in [-0.1, -0.05) is 66.2 Å². The van der Waals surface area contributed by atoms with Gasteiger partial charge in [-0.2, -0.15) is 5.26 Å². The van der Waals surface area contributed by atoms with Crippen molar-refractivity contribution in [2.75, 3.05) is 18.0 Å². The third-order valence-corrected chi connectivity index (χ3v) is 6.32. The zero-order valence-electron chi connectivity index (χ0n) is 17.3. The van der Waals surface area contributed by atoms with Crippen molar-refractivity contribution in [3.8, 4) is 6.07 Å². The summed E-state index contributed by atoms with van der Waals surface area (Å²) in [6.45, 7) is 11.6. The predicted molar refractivity (Wildman–Crippen MR) is 118 cm³/mol. The maximum atomic E-state index is 8.77. The summed E-state index contributed by atoms with van der Waals surface area (Å²) >= 11 is 1.83. The van der Waals surface area contributed by atoms with Crippen molar-refractivity contribution >= 4 is 22.4 Å². The zero-order valence-corrected chi connectivity index (χ0v) is 18.2. The van der Waals surface area contributed by atoms with Crippen LogP contribution >= 0.6 is 11.3 Å². The van der Waals surface area contributed by atoms with E-state index in [4.69, 9.17) is 5.26 Å². The highest BCUT2D eigenvalue weighted by Gasteiger charge is 2.18. The second-order valence-electron chi connectivity index (χ2n) is 7.42. The molecule has 1 aromatic heterocycles. The highest BCUT2D eigenvalue weighted by atomic mass is 32.1. The van der Waals surface area contributed by atoms with Crippen molar-refractivity contribution in [1.82, 2.24) is 0 Å². The fourth-order valence-electron chi connectivity index (χ4n) is 3.44. The van der Waals surface area contributed by atoms with Gasteiger partial charge < -0.3 is 4.90 Å². The maximum absolute atomic E-state index is 8.77. The summed E-state index contributed by atoms with van der Waals surface area (Å²) in [7, 11) is 0. The van der Waals surface area contributed by atoms with Crippen LogP contribution in [0.2, 0.25) is 0 Å². The number of nitriles is 1. The minimum Gasteiger partial charge on any atom is -0.363 e. The van der Waals surface area contributed by atoms with E-state index in [1.165, 1.54) is 69.5 Å². The van der Waals surface area contributed by atoms with Crippen LogP contribution in [0.15, 0.2) is 17.5 Å². The summed E-state index contributed by atoms with van der Waals surface area (Å²) in [6, 6.07) is 4.36. The summed E-state index contributed by atoms with van der Waals surface area (Å²) < 4.78 is 0. The van der Waals surface area contributed by atoms with Crippen LogP contribution in [-0.4, -0.2) is 13.1 Å². The van der Waals surface area contributed by atoms with E-state index in [9.17, 15) is 0 Å². The minimum absolute atomic E-state index is 0.777. The van der Waals surface area contributed by atoms with E-state index in [-0.39, 0.29) is 0 Å². The first-order valence-corrected chi connectivity index (χ1v) is 11.5. The van der Waals surface area contributed by atoms with Crippen molar-refractivity contribution in [3.05, 3.63) is 23.1 Å². The molecule has 0 amide bonds. The highest BCUT2D eigenvalue weighted by Crippen LogP contribution is 2.30. The third-order valence-electron chi connectivity index (χ3n) is 5.31. The number of unbranched alkanes of at least 4 members (excludes halogenated alkanes) is 2. The fraction of sp³-hybridized carbons (Fsp3) is 0.696. The van der Waals surface area contributed by atoms with E-state index < -0.39 is 0 Å². The Kier molecular flexibility index (Phi) is 12.1. The second kappa shape index (κ2) is 13.9. The monoisotopic (exact) mass is 374 g/mol. The van der Waals surface area contributed by atoms with Crippen LogP contribution in [-0.2, 0) is 0 Å². The first-order chi connectivity index (χ1) is 12.7. The predicted octanol–water partition coefficient (Wildman–Crippen LogP) is 7.52.